The number of carbonyl (C=O) groups excluding carboxylic acids is 2. The summed E-state index contributed by atoms with van der Waals surface area (Å²) in [4.78, 5) is 36.1. The normalized spacial score (nSPS) is 10.0. The molecule has 0 fully saturated rings. The first-order chi connectivity index (χ1) is 11.8. The number of nitrogens with zero attached hydrogens (tertiary/aromatic N) is 5. The van der Waals surface area contributed by atoms with Gasteiger partial charge in [0.1, 0.15) is 5.82 Å². The zero-order valence-corrected chi connectivity index (χ0v) is 14.5. The molecular formula is C13H11ClN6O4S. The van der Waals surface area contributed by atoms with Gasteiger partial charge in [-0.1, -0.05) is 28.1 Å². The van der Waals surface area contributed by atoms with Crippen LogP contribution in [0.3, 0.4) is 0 Å². The van der Waals surface area contributed by atoms with Crippen LogP contribution in [0.4, 0.5) is 22.4 Å². The minimum absolute atomic E-state index is 0.108. The highest BCUT2D eigenvalue weighted by Crippen LogP contribution is 2.30. The molecule has 0 unspecified atom stereocenters. The van der Waals surface area contributed by atoms with Crippen molar-refractivity contribution in [3.8, 4) is 0 Å². The largest absolute Gasteiger partial charge is 0.370 e. The zero-order chi connectivity index (χ0) is 18.6. The van der Waals surface area contributed by atoms with Gasteiger partial charge in [-0.3, -0.25) is 10.1 Å². The van der Waals surface area contributed by atoms with Gasteiger partial charge in [-0.15, -0.1) is 0 Å². The first kappa shape index (κ1) is 18.4. The fourth-order valence-electron chi connectivity index (χ4n) is 1.82. The number of hydrogen-bond acceptors (Lipinski definition) is 7. The molecule has 0 aliphatic carbocycles. The fourth-order valence-corrected chi connectivity index (χ4v) is 2.24. The van der Waals surface area contributed by atoms with Gasteiger partial charge in [0.2, 0.25) is 17.8 Å². The van der Waals surface area contributed by atoms with E-state index in [2.05, 4.69) is 24.6 Å². The molecular weight excluding hydrogens is 372 g/mol. The lowest BCUT2D eigenvalue weighted by Gasteiger charge is -2.19. The number of halogens is 1. The molecule has 3 amide bonds. The summed E-state index contributed by atoms with van der Waals surface area (Å²) in [6.07, 6.45) is 0. The number of hydrogen-bond donors (Lipinski definition) is 1. The van der Waals surface area contributed by atoms with E-state index in [-0.39, 0.29) is 28.4 Å². The first-order valence-corrected chi connectivity index (χ1v) is 8.09. The minimum Gasteiger partial charge on any atom is -0.295 e. The molecule has 0 radical (unpaired) electrons. The Morgan fingerprint density at radius 3 is 2.48 bits per heavy atom. The zero-order valence-electron chi connectivity index (χ0n) is 13.0. The smallest absolute Gasteiger partial charge is 0.295 e. The Kier molecular flexibility index (Phi) is 5.72. The molecule has 0 saturated carbocycles. The number of urea groups is 1. The molecule has 10 nitrogen and oxygen atoms in total. The van der Waals surface area contributed by atoms with Crippen LogP contribution >= 0.6 is 11.6 Å². The second-order valence-electron chi connectivity index (χ2n) is 4.57. The molecule has 0 atom stereocenters. The number of aryl methyl sites for hydroxylation is 1. The summed E-state index contributed by atoms with van der Waals surface area (Å²) >= 11 is 6.08. The lowest BCUT2D eigenvalue weighted by atomic mass is 10.3. The third-order valence-electron chi connectivity index (χ3n) is 2.66. The average molecular weight is 383 g/mol. The molecule has 0 aliphatic heterocycles. The molecule has 130 valence electrons. The Morgan fingerprint density at radius 2 is 1.88 bits per heavy atom. The lowest BCUT2D eigenvalue weighted by Crippen LogP contribution is -2.26. The van der Waals surface area contributed by atoms with E-state index < -0.39 is 22.4 Å². The standard InChI is InChI=1S/C13H11ClN6O4S/c1-7-15-11(17-8(2)21)18-12(16-7)20(13(22)19-25(23)24)10-6-4-3-5-9(10)14/h3-6H,1-2H3,(H,15,16,17,18,21). The number of rotatable bonds is 3. The van der Waals surface area contributed by atoms with Crippen molar-refractivity contribution in [1.29, 1.82) is 0 Å². The van der Waals surface area contributed by atoms with Gasteiger partial charge < -0.3 is 0 Å². The van der Waals surface area contributed by atoms with E-state index in [0.29, 0.717) is 0 Å². The number of para-hydroxylation sites is 1. The van der Waals surface area contributed by atoms with Gasteiger partial charge in [0.25, 0.3) is 0 Å². The van der Waals surface area contributed by atoms with Crippen LogP contribution < -0.4 is 10.2 Å². The molecule has 0 spiro atoms. The van der Waals surface area contributed by atoms with E-state index in [9.17, 15) is 18.0 Å². The number of amides is 3. The summed E-state index contributed by atoms with van der Waals surface area (Å²) in [5.41, 5.74) is 0.114. The maximum atomic E-state index is 12.3. The van der Waals surface area contributed by atoms with E-state index >= 15 is 0 Å². The Morgan fingerprint density at radius 1 is 1.20 bits per heavy atom. The molecule has 25 heavy (non-hydrogen) atoms. The summed E-state index contributed by atoms with van der Waals surface area (Å²) in [5, 5.41) is 2.50. The van der Waals surface area contributed by atoms with Gasteiger partial charge in [0.15, 0.2) is 0 Å². The van der Waals surface area contributed by atoms with Crippen molar-refractivity contribution in [3.63, 3.8) is 0 Å². The summed E-state index contributed by atoms with van der Waals surface area (Å²) in [6, 6.07) is 4.98. The van der Waals surface area contributed by atoms with Gasteiger partial charge in [-0.05, 0) is 19.1 Å². The SMILES string of the molecule is CC(=O)Nc1nc(C)nc(N(C(=O)N=S(=O)=O)c2ccccc2Cl)n1. The molecule has 1 aromatic carbocycles. The molecule has 0 aliphatic rings. The van der Waals surface area contributed by atoms with E-state index in [0.717, 1.165) is 4.90 Å². The first-order valence-electron chi connectivity index (χ1n) is 6.68. The topological polar surface area (TPSA) is 135 Å². The molecule has 0 saturated heterocycles. The molecule has 0 bridgehead atoms. The molecule has 2 rings (SSSR count). The van der Waals surface area contributed by atoms with Gasteiger partial charge in [0.05, 0.1) is 10.7 Å². The highest BCUT2D eigenvalue weighted by Gasteiger charge is 2.24. The summed E-state index contributed by atoms with van der Waals surface area (Å²) in [5.74, 6) is -0.606. The number of nitrogens with one attached hydrogen (secondary N) is 1. The van der Waals surface area contributed by atoms with Crippen molar-refractivity contribution in [2.24, 2.45) is 4.36 Å². The Hall–Kier alpha value is -2.92. The minimum atomic E-state index is -2.99. The third-order valence-corrected chi connectivity index (χ3v) is 3.29. The monoisotopic (exact) mass is 382 g/mol. The predicted molar refractivity (Wildman–Crippen MR) is 89.2 cm³/mol. The summed E-state index contributed by atoms with van der Waals surface area (Å²) < 4.78 is 24.5. The van der Waals surface area contributed by atoms with Crippen LogP contribution in [0.25, 0.3) is 0 Å². The molecule has 1 aromatic heterocycles. The number of anilines is 3. The predicted octanol–water partition coefficient (Wildman–Crippen LogP) is 2.11. The van der Waals surface area contributed by atoms with Crippen LogP contribution in [0.5, 0.6) is 0 Å². The van der Waals surface area contributed by atoms with Gasteiger partial charge in [-0.25, -0.2) is 9.69 Å². The highest BCUT2D eigenvalue weighted by atomic mass is 35.5. The Balaban J connectivity index is 2.66. The molecule has 2 aromatic rings. The maximum absolute atomic E-state index is 12.3. The Bertz CT molecular complexity index is 970. The van der Waals surface area contributed by atoms with Crippen molar-refractivity contribution < 1.29 is 18.0 Å². The quantitative estimate of drug-likeness (QED) is 0.858. The fraction of sp³-hybridized carbons (Fsp3) is 0.154. The molecule has 1 heterocycles. The summed E-state index contributed by atoms with van der Waals surface area (Å²) in [7, 11) is -2.99. The third kappa shape index (κ3) is 4.78. The summed E-state index contributed by atoms with van der Waals surface area (Å²) in [6.45, 7) is 2.76. The van der Waals surface area contributed by atoms with E-state index in [4.69, 9.17) is 11.6 Å². The van der Waals surface area contributed by atoms with Crippen LogP contribution in [0, 0.1) is 6.92 Å². The number of benzene rings is 1. The van der Waals surface area contributed by atoms with Gasteiger partial charge in [-0.2, -0.15) is 23.4 Å². The molecule has 1 N–H and O–H groups in total. The maximum Gasteiger partial charge on any atom is 0.370 e. The number of aromatic nitrogens is 3. The van der Waals surface area contributed by atoms with E-state index in [1.54, 1.807) is 12.1 Å². The lowest BCUT2D eigenvalue weighted by molar-refractivity contribution is -0.114. The van der Waals surface area contributed by atoms with Crippen molar-refractivity contribution >= 4 is 51.6 Å². The second kappa shape index (κ2) is 7.77. The van der Waals surface area contributed by atoms with E-state index in [1.165, 1.54) is 26.0 Å². The van der Waals surface area contributed by atoms with Crippen molar-refractivity contribution in [2.75, 3.05) is 10.2 Å². The highest BCUT2D eigenvalue weighted by molar-refractivity contribution is 7.62. The van der Waals surface area contributed by atoms with E-state index in [1.807, 2.05) is 0 Å². The molecule has 12 heteroatoms. The Labute approximate surface area is 148 Å². The van der Waals surface area contributed by atoms with Crippen molar-refractivity contribution in [1.82, 2.24) is 15.0 Å². The van der Waals surface area contributed by atoms with Gasteiger partial charge >= 0.3 is 16.5 Å². The van der Waals surface area contributed by atoms with Crippen molar-refractivity contribution in [2.45, 2.75) is 13.8 Å². The number of carbonyl (C=O) groups is 2. The van der Waals surface area contributed by atoms with Crippen LogP contribution in [-0.4, -0.2) is 35.3 Å². The van der Waals surface area contributed by atoms with Crippen LogP contribution in [0.1, 0.15) is 12.7 Å². The van der Waals surface area contributed by atoms with Crippen LogP contribution in [0.2, 0.25) is 5.02 Å². The van der Waals surface area contributed by atoms with Crippen molar-refractivity contribution in [3.05, 3.63) is 35.1 Å². The van der Waals surface area contributed by atoms with Gasteiger partial charge in [0, 0.05) is 6.92 Å². The van der Waals surface area contributed by atoms with Crippen LogP contribution in [-0.2, 0) is 15.3 Å². The second-order valence-corrected chi connectivity index (χ2v) is 5.59. The van der Waals surface area contributed by atoms with Crippen LogP contribution in [0.15, 0.2) is 28.6 Å². The average Bonchev–Trinajstić information content (AvgIpc) is 2.47.